The van der Waals surface area contributed by atoms with Gasteiger partial charge in [-0.2, -0.15) is 10.4 Å². The first-order valence-electron chi connectivity index (χ1n) is 4.90. The number of pyridine rings is 1. The van der Waals surface area contributed by atoms with Gasteiger partial charge >= 0.3 is 0 Å². The maximum Gasteiger partial charge on any atom is 0.265 e. The molecule has 0 fully saturated rings. The number of nitrogens with one attached hydrogen (secondary N) is 1. The van der Waals surface area contributed by atoms with Crippen molar-refractivity contribution in [1.29, 1.82) is 5.26 Å². The van der Waals surface area contributed by atoms with Crippen molar-refractivity contribution in [3.63, 3.8) is 0 Å². The molecule has 0 unspecified atom stereocenters. The van der Waals surface area contributed by atoms with Gasteiger partial charge in [-0.15, -0.1) is 0 Å². The van der Waals surface area contributed by atoms with E-state index in [-0.39, 0.29) is 10.6 Å². The number of anilines is 1. The van der Waals surface area contributed by atoms with Gasteiger partial charge in [0.25, 0.3) is 10.0 Å². The Labute approximate surface area is 104 Å². The van der Waals surface area contributed by atoms with Gasteiger partial charge in [0.15, 0.2) is 5.69 Å². The lowest BCUT2D eigenvalue weighted by atomic mass is 10.4. The van der Waals surface area contributed by atoms with Crippen LogP contribution in [0.25, 0.3) is 0 Å². The van der Waals surface area contributed by atoms with Crippen molar-refractivity contribution in [2.45, 2.75) is 4.90 Å². The molecule has 0 radical (unpaired) electrons. The molecule has 7 nitrogen and oxygen atoms in total. The average molecular weight is 263 g/mol. The van der Waals surface area contributed by atoms with Crippen LogP contribution in [0.3, 0.4) is 0 Å². The number of nitrogens with zero attached hydrogens (tertiary/aromatic N) is 4. The minimum absolute atomic E-state index is 0.146. The second-order valence-corrected chi connectivity index (χ2v) is 5.06. The second kappa shape index (κ2) is 4.46. The van der Waals surface area contributed by atoms with E-state index in [0.29, 0.717) is 5.82 Å². The van der Waals surface area contributed by atoms with E-state index < -0.39 is 10.0 Å². The monoisotopic (exact) mass is 263 g/mol. The summed E-state index contributed by atoms with van der Waals surface area (Å²) in [6.07, 6.45) is 2.83. The van der Waals surface area contributed by atoms with E-state index in [1.54, 1.807) is 13.1 Å². The summed E-state index contributed by atoms with van der Waals surface area (Å²) in [4.78, 5) is 3.55. The summed E-state index contributed by atoms with van der Waals surface area (Å²) < 4.78 is 27.9. The zero-order valence-corrected chi connectivity index (χ0v) is 10.2. The largest absolute Gasteiger partial charge is 0.265 e. The van der Waals surface area contributed by atoms with Gasteiger partial charge < -0.3 is 0 Å². The predicted molar refractivity (Wildman–Crippen MR) is 63.0 cm³/mol. The summed E-state index contributed by atoms with van der Waals surface area (Å²) in [5.41, 5.74) is -0.146. The molecule has 18 heavy (non-hydrogen) atoms. The highest BCUT2D eigenvalue weighted by Crippen LogP contribution is 2.16. The lowest BCUT2D eigenvalue weighted by Crippen LogP contribution is -2.17. The van der Waals surface area contributed by atoms with Gasteiger partial charge in [-0.3, -0.25) is 9.40 Å². The molecule has 0 aliphatic heterocycles. The van der Waals surface area contributed by atoms with E-state index in [1.165, 1.54) is 35.3 Å². The van der Waals surface area contributed by atoms with Gasteiger partial charge in [-0.1, -0.05) is 0 Å². The lowest BCUT2D eigenvalue weighted by molar-refractivity contribution is 0.599. The second-order valence-electron chi connectivity index (χ2n) is 3.41. The van der Waals surface area contributed by atoms with Crippen LogP contribution in [0.2, 0.25) is 0 Å². The maximum atomic E-state index is 12.1. The Kier molecular flexibility index (Phi) is 2.99. The fourth-order valence-corrected chi connectivity index (χ4v) is 2.55. The summed E-state index contributed by atoms with van der Waals surface area (Å²) in [5, 5.41) is 12.7. The van der Waals surface area contributed by atoms with Crippen LogP contribution in [-0.4, -0.2) is 23.2 Å². The Bertz CT molecular complexity index is 714. The van der Waals surface area contributed by atoms with E-state index in [4.69, 9.17) is 5.26 Å². The van der Waals surface area contributed by atoms with Crippen molar-refractivity contribution >= 4 is 15.8 Å². The molecule has 2 heterocycles. The molecule has 2 rings (SSSR count). The standard InChI is InChI=1S/C10H9N5O2S/c1-15-10(4-6-13-15)14-18(16,17)9-3-2-5-12-8(9)7-11/h2-6,14H,1H3. The maximum absolute atomic E-state index is 12.1. The number of rotatable bonds is 3. The van der Waals surface area contributed by atoms with Crippen molar-refractivity contribution < 1.29 is 8.42 Å². The van der Waals surface area contributed by atoms with Crippen LogP contribution in [0.1, 0.15) is 5.69 Å². The molecule has 2 aromatic rings. The minimum atomic E-state index is -3.84. The zero-order valence-electron chi connectivity index (χ0n) is 9.40. The molecule has 0 aliphatic carbocycles. The van der Waals surface area contributed by atoms with Crippen molar-refractivity contribution in [3.05, 3.63) is 36.3 Å². The summed E-state index contributed by atoms with van der Waals surface area (Å²) in [7, 11) is -2.24. The molecular weight excluding hydrogens is 254 g/mol. The fraction of sp³-hybridized carbons (Fsp3) is 0.100. The molecule has 0 amide bonds. The molecule has 0 spiro atoms. The first-order chi connectivity index (χ1) is 8.54. The molecule has 1 N–H and O–H groups in total. The van der Waals surface area contributed by atoms with E-state index in [9.17, 15) is 8.42 Å². The number of sulfonamides is 1. The molecule has 2 aromatic heterocycles. The minimum Gasteiger partial charge on any atom is -0.263 e. The van der Waals surface area contributed by atoms with Gasteiger partial charge in [0.1, 0.15) is 16.8 Å². The highest BCUT2D eigenvalue weighted by atomic mass is 32.2. The highest BCUT2D eigenvalue weighted by Gasteiger charge is 2.20. The number of aromatic nitrogens is 3. The van der Waals surface area contributed by atoms with Crippen LogP contribution in [0.5, 0.6) is 0 Å². The molecule has 0 aromatic carbocycles. The number of nitriles is 1. The topological polar surface area (TPSA) is 101 Å². The van der Waals surface area contributed by atoms with E-state index in [1.807, 2.05) is 0 Å². The molecular formula is C10H9N5O2S. The first-order valence-corrected chi connectivity index (χ1v) is 6.39. The molecule has 0 saturated heterocycles. The van der Waals surface area contributed by atoms with Crippen LogP contribution in [0, 0.1) is 11.3 Å². The van der Waals surface area contributed by atoms with E-state index in [0.717, 1.165) is 0 Å². The summed E-state index contributed by atoms with van der Waals surface area (Å²) in [5.74, 6) is 0.308. The van der Waals surface area contributed by atoms with Crippen molar-refractivity contribution in [3.8, 4) is 6.07 Å². The Morgan fingerprint density at radius 3 is 2.78 bits per heavy atom. The Morgan fingerprint density at radius 1 is 1.39 bits per heavy atom. The van der Waals surface area contributed by atoms with E-state index >= 15 is 0 Å². The predicted octanol–water partition coefficient (Wildman–Crippen LogP) is 0.488. The zero-order chi connectivity index (χ0) is 13.2. The third-order valence-electron chi connectivity index (χ3n) is 2.23. The van der Waals surface area contributed by atoms with Gasteiger partial charge in [-0.05, 0) is 12.1 Å². The van der Waals surface area contributed by atoms with Crippen LogP contribution in [0.15, 0.2) is 35.5 Å². The number of aryl methyl sites for hydroxylation is 1. The van der Waals surface area contributed by atoms with Gasteiger partial charge in [0, 0.05) is 19.3 Å². The van der Waals surface area contributed by atoms with Crippen molar-refractivity contribution in [2.75, 3.05) is 4.72 Å². The van der Waals surface area contributed by atoms with Crippen molar-refractivity contribution in [2.24, 2.45) is 7.05 Å². The fourth-order valence-electron chi connectivity index (χ4n) is 1.36. The Balaban J connectivity index is 2.44. The SMILES string of the molecule is Cn1nccc1NS(=O)(=O)c1cccnc1C#N. The summed E-state index contributed by atoms with van der Waals surface area (Å²) in [6.45, 7) is 0. The molecule has 0 saturated carbocycles. The van der Waals surface area contributed by atoms with Crippen LogP contribution < -0.4 is 4.72 Å². The normalized spacial score (nSPS) is 10.9. The van der Waals surface area contributed by atoms with Crippen molar-refractivity contribution in [1.82, 2.24) is 14.8 Å². The summed E-state index contributed by atoms with van der Waals surface area (Å²) in [6, 6.07) is 6.04. The molecule has 0 aliphatic rings. The Morgan fingerprint density at radius 2 is 2.17 bits per heavy atom. The average Bonchev–Trinajstić information content (AvgIpc) is 2.74. The number of hydrogen-bond acceptors (Lipinski definition) is 5. The summed E-state index contributed by atoms with van der Waals surface area (Å²) >= 11 is 0. The van der Waals surface area contributed by atoms with Crippen LogP contribution in [0.4, 0.5) is 5.82 Å². The Hall–Kier alpha value is -2.40. The molecule has 92 valence electrons. The van der Waals surface area contributed by atoms with Gasteiger partial charge in [0.2, 0.25) is 0 Å². The highest BCUT2D eigenvalue weighted by molar-refractivity contribution is 7.92. The lowest BCUT2D eigenvalue weighted by Gasteiger charge is -2.08. The smallest absolute Gasteiger partial charge is 0.263 e. The van der Waals surface area contributed by atoms with E-state index in [2.05, 4.69) is 14.8 Å². The molecule has 0 atom stereocenters. The quantitative estimate of drug-likeness (QED) is 0.868. The van der Waals surface area contributed by atoms with Gasteiger partial charge in [-0.25, -0.2) is 13.4 Å². The molecule has 8 heteroatoms. The number of hydrogen-bond donors (Lipinski definition) is 1. The van der Waals surface area contributed by atoms with Crippen LogP contribution >= 0.6 is 0 Å². The molecule has 0 bridgehead atoms. The van der Waals surface area contributed by atoms with Crippen LogP contribution in [-0.2, 0) is 17.1 Å². The third kappa shape index (κ3) is 2.16. The third-order valence-corrected chi connectivity index (χ3v) is 3.61. The van der Waals surface area contributed by atoms with Gasteiger partial charge in [0.05, 0.1) is 6.20 Å². The first kappa shape index (κ1) is 12.1.